The molecule has 0 spiro atoms. The second kappa shape index (κ2) is 5.96. The van der Waals surface area contributed by atoms with Crippen LogP contribution in [-0.2, 0) is 0 Å². The highest BCUT2D eigenvalue weighted by Crippen LogP contribution is 2.26. The van der Waals surface area contributed by atoms with Gasteiger partial charge in [-0.15, -0.1) is 0 Å². The van der Waals surface area contributed by atoms with Crippen LogP contribution < -0.4 is 5.32 Å². The number of amides is 1. The standard InChI is InChI=1S/C18H22FN3O/c19-14-5-4-12-9-17(21-16(12)10-14)18(23)22-8-6-15-13(11-22)3-1-2-7-20-15/h4-5,9-10,13,15,20-21H,1-3,6-8,11H2/t13-,15-/m1/s1. The molecule has 4 rings (SSSR count). The molecular weight excluding hydrogens is 293 g/mol. The summed E-state index contributed by atoms with van der Waals surface area (Å²) < 4.78 is 13.3. The molecule has 2 saturated heterocycles. The summed E-state index contributed by atoms with van der Waals surface area (Å²) in [6, 6.07) is 6.95. The van der Waals surface area contributed by atoms with Gasteiger partial charge < -0.3 is 15.2 Å². The Labute approximate surface area is 135 Å². The Bertz CT molecular complexity index is 726. The second-order valence-corrected chi connectivity index (χ2v) is 6.77. The van der Waals surface area contributed by atoms with Crippen LogP contribution in [-0.4, -0.2) is 41.5 Å². The van der Waals surface area contributed by atoms with E-state index >= 15 is 0 Å². The number of benzene rings is 1. The number of hydrogen-bond donors (Lipinski definition) is 2. The summed E-state index contributed by atoms with van der Waals surface area (Å²) in [5.74, 6) is 0.296. The zero-order valence-corrected chi connectivity index (χ0v) is 13.1. The Balaban J connectivity index is 1.53. The highest BCUT2D eigenvalue weighted by Gasteiger charge is 2.32. The van der Waals surface area contributed by atoms with Crippen LogP contribution in [0, 0.1) is 11.7 Å². The number of nitrogens with one attached hydrogen (secondary N) is 2. The first kappa shape index (κ1) is 14.7. The Morgan fingerprint density at radius 3 is 3.04 bits per heavy atom. The zero-order valence-electron chi connectivity index (χ0n) is 13.1. The lowest BCUT2D eigenvalue weighted by atomic mass is 9.89. The van der Waals surface area contributed by atoms with Crippen LogP contribution in [0.5, 0.6) is 0 Å². The molecule has 2 aliphatic rings. The van der Waals surface area contributed by atoms with E-state index in [-0.39, 0.29) is 11.7 Å². The van der Waals surface area contributed by atoms with Crippen molar-refractivity contribution in [2.24, 2.45) is 5.92 Å². The van der Waals surface area contributed by atoms with Gasteiger partial charge in [0.15, 0.2) is 0 Å². The number of aromatic nitrogens is 1. The van der Waals surface area contributed by atoms with E-state index in [2.05, 4.69) is 10.3 Å². The van der Waals surface area contributed by atoms with E-state index < -0.39 is 0 Å². The molecule has 2 fully saturated rings. The number of carbonyl (C=O) groups is 1. The van der Waals surface area contributed by atoms with Gasteiger partial charge in [-0.25, -0.2) is 4.39 Å². The number of aromatic amines is 1. The molecule has 4 nitrogen and oxygen atoms in total. The number of carbonyl (C=O) groups excluding carboxylic acids is 1. The van der Waals surface area contributed by atoms with E-state index in [0.29, 0.717) is 23.2 Å². The number of fused-ring (bicyclic) bond motifs is 2. The number of hydrogen-bond acceptors (Lipinski definition) is 2. The highest BCUT2D eigenvalue weighted by atomic mass is 19.1. The van der Waals surface area contributed by atoms with Gasteiger partial charge in [-0.1, -0.05) is 6.42 Å². The molecule has 2 atom stereocenters. The molecule has 2 N–H and O–H groups in total. The fourth-order valence-electron chi connectivity index (χ4n) is 3.98. The average Bonchev–Trinajstić information content (AvgIpc) is 2.83. The van der Waals surface area contributed by atoms with Crippen LogP contribution in [0.4, 0.5) is 4.39 Å². The van der Waals surface area contributed by atoms with E-state index in [1.807, 2.05) is 11.0 Å². The van der Waals surface area contributed by atoms with Gasteiger partial charge in [0.2, 0.25) is 0 Å². The first-order valence-electron chi connectivity index (χ1n) is 8.51. The van der Waals surface area contributed by atoms with E-state index in [4.69, 9.17) is 0 Å². The van der Waals surface area contributed by atoms with Gasteiger partial charge in [-0.2, -0.15) is 0 Å². The SMILES string of the molecule is O=C(c1cc2ccc(F)cc2[nH]1)N1CC[C@H]2NCCCC[C@@H]2C1. The van der Waals surface area contributed by atoms with Gasteiger partial charge in [0, 0.05) is 30.0 Å². The average molecular weight is 315 g/mol. The molecule has 3 heterocycles. The summed E-state index contributed by atoms with van der Waals surface area (Å²) in [5, 5.41) is 4.50. The number of H-pyrrole nitrogens is 1. The molecular formula is C18H22FN3O. The maximum Gasteiger partial charge on any atom is 0.270 e. The smallest absolute Gasteiger partial charge is 0.270 e. The fraction of sp³-hybridized carbons (Fsp3) is 0.500. The number of likely N-dealkylation sites (tertiary alicyclic amines) is 1. The molecule has 2 aromatic rings. The summed E-state index contributed by atoms with van der Waals surface area (Å²) in [6.45, 7) is 2.71. The summed E-state index contributed by atoms with van der Waals surface area (Å²) in [5.41, 5.74) is 1.24. The molecule has 0 bridgehead atoms. The summed E-state index contributed by atoms with van der Waals surface area (Å²) in [7, 11) is 0. The predicted molar refractivity (Wildman–Crippen MR) is 87.9 cm³/mol. The molecule has 1 aromatic carbocycles. The lowest BCUT2D eigenvalue weighted by Gasteiger charge is -2.38. The van der Waals surface area contributed by atoms with Gasteiger partial charge in [-0.3, -0.25) is 4.79 Å². The molecule has 122 valence electrons. The van der Waals surface area contributed by atoms with E-state index in [9.17, 15) is 9.18 Å². The highest BCUT2D eigenvalue weighted by molar-refractivity contribution is 5.98. The molecule has 1 aromatic heterocycles. The molecule has 1 amide bonds. The lowest BCUT2D eigenvalue weighted by Crippen LogP contribution is -2.50. The molecule has 0 radical (unpaired) electrons. The van der Waals surface area contributed by atoms with Crippen molar-refractivity contribution in [3.63, 3.8) is 0 Å². The van der Waals surface area contributed by atoms with Crippen molar-refractivity contribution >= 4 is 16.8 Å². The van der Waals surface area contributed by atoms with Crippen molar-refractivity contribution < 1.29 is 9.18 Å². The number of halogens is 1. The number of piperidine rings is 1. The van der Waals surface area contributed by atoms with Crippen LogP contribution in [0.15, 0.2) is 24.3 Å². The summed E-state index contributed by atoms with van der Waals surface area (Å²) in [4.78, 5) is 17.8. The predicted octanol–water partition coefficient (Wildman–Crippen LogP) is 2.91. The molecule has 5 heteroatoms. The largest absolute Gasteiger partial charge is 0.350 e. The Hall–Kier alpha value is -1.88. The molecule has 2 aliphatic heterocycles. The normalized spacial score (nSPS) is 25.2. The van der Waals surface area contributed by atoms with Crippen LogP contribution in [0.25, 0.3) is 10.9 Å². The van der Waals surface area contributed by atoms with Crippen LogP contribution in [0.2, 0.25) is 0 Å². The molecule has 0 saturated carbocycles. The number of rotatable bonds is 1. The lowest BCUT2D eigenvalue weighted by molar-refractivity contribution is 0.0626. The topological polar surface area (TPSA) is 48.1 Å². The van der Waals surface area contributed by atoms with Gasteiger partial charge in [0.05, 0.1) is 0 Å². The van der Waals surface area contributed by atoms with Crippen molar-refractivity contribution in [2.45, 2.75) is 31.7 Å². The minimum Gasteiger partial charge on any atom is -0.350 e. The van der Waals surface area contributed by atoms with Gasteiger partial charge >= 0.3 is 0 Å². The van der Waals surface area contributed by atoms with Crippen LogP contribution >= 0.6 is 0 Å². The van der Waals surface area contributed by atoms with Crippen LogP contribution in [0.3, 0.4) is 0 Å². The maximum atomic E-state index is 13.3. The molecule has 0 unspecified atom stereocenters. The van der Waals surface area contributed by atoms with E-state index in [1.165, 1.54) is 31.4 Å². The van der Waals surface area contributed by atoms with Crippen molar-refractivity contribution in [1.29, 1.82) is 0 Å². The molecule has 0 aliphatic carbocycles. The maximum absolute atomic E-state index is 13.3. The third-order valence-electron chi connectivity index (χ3n) is 5.24. The monoisotopic (exact) mass is 315 g/mol. The van der Waals surface area contributed by atoms with Gasteiger partial charge in [-0.05, 0) is 56.0 Å². The third kappa shape index (κ3) is 2.85. The summed E-state index contributed by atoms with van der Waals surface area (Å²) >= 11 is 0. The first-order valence-corrected chi connectivity index (χ1v) is 8.51. The Kier molecular flexibility index (Phi) is 3.81. The Morgan fingerprint density at radius 2 is 2.13 bits per heavy atom. The van der Waals surface area contributed by atoms with Gasteiger partial charge in [0.25, 0.3) is 5.91 Å². The fourth-order valence-corrected chi connectivity index (χ4v) is 3.98. The van der Waals surface area contributed by atoms with Crippen LogP contribution in [0.1, 0.15) is 36.2 Å². The van der Waals surface area contributed by atoms with Gasteiger partial charge in [0.1, 0.15) is 11.5 Å². The summed E-state index contributed by atoms with van der Waals surface area (Å²) in [6.07, 6.45) is 4.68. The van der Waals surface area contributed by atoms with Crippen molar-refractivity contribution in [2.75, 3.05) is 19.6 Å². The van der Waals surface area contributed by atoms with Crippen molar-refractivity contribution in [1.82, 2.24) is 15.2 Å². The van der Waals surface area contributed by atoms with E-state index in [0.717, 1.165) is 31.4 Å². The third-order valence-corrected chi connectivity index (χ3v) is 5.24. The minimum atomic E-state index is -0.288. The Morgan fingerprint density at radius 1 is 1.22 bits per heavy atom. The van der Waals surface area contributed by atoms with Crippen molar-refractivity contribution in [3.8, 4) is 0 Å². The van der Waals surface area contributed by atoms with Crippen molar-refractivity contribution in [3.05, 3.63) is 35.8 Å². The first-order chi connectivity index (χ1) is 11.2. The minimum absolute atomic E-state index is 0.0318. The molecule has 23 heavy (non-hydrogen) atoms. The zero-order chi connectivity index (χ0) is 15.8. The number of nitrogens with zero attached hydrogens (tertiary/aromatic N) is 1. The van der Waals surface area contributed by atoms with E-state index in [1.54, 1.807) is 6.07 Å². The second-order valence-electron chi connectivity index (χ2n) is 6.77. The quantitative estimate of drug-likeness (QED) is 0.850.